The topological polar surface area (TPSA) is 75.7 Å². The Bertz CT molecular complexity index is 889. The molecule has 27 heavy (non-hydrogen) atoms. The third kappa shape index (κ3) is 4.94. The van der Waals surface area contributed by atoms with E-state index in [1.165, 1.54) is 10.4 Å². The summed E-state index contributed by atoms with van der Waals surface area (Å²) in [5.41, 5.74) is 2.54. The van der Waals surface area contributed by atoms with Gasteiger partial charge in [-0.2, -0.15) is 4.31 Å². The Balaban J connectivity index is 2.26. The van der Waals surface area contributed by atoms with Crippen molar-refractivity contribution in [3.8, 4) is 0 Å². The largest absolute Gasteiger partial charge is 0.380 e. The zero-order valence-electron chi connectivity index (χ0n) is 16.2. The molecular formula is C20H26N2O4S. The molecule has 0 aliphatic rings. The van der Waals surface area contributed by atoms with E-state index in [9.17, 15) is 13.2 Å². The Hall–Kier alpha value is -2.22. The van der Waals surface area contributed by atoms with Crippen LogP contribution in [0.2, 0.25) is 0 Å². The molecule has 0 aromatic heterocycles. The van der Waals surface area contributed by atoms with Crippen molar-refractivity contribution in [2.45, 2.75) is 32.3 Å². The summed E-state index contributed by atoms with van der Waals surface area (Å²) in [4.78, 5) is 12.7. The number of hydrogen-bond acceptors (Lipinski definition) is 4. The third-order valence-electron chi connectivity index (χ3n) is 4.30. The van der Waals surface area contributed by atoms with Crippen LogP contribution in [0, 0.1) is 6.92 Å². The molecule has 0 radical (unpaired) electrons. The molecule has 6 nitrogen and oxygen atoms in total. The van der Waals surface area contributed by atoms with Crippen LogP contribution in [0.1, 0.15) is 35.3 Å². The molecule has 0 unspecified atom stereocenters. The van der Waals surface area contributed by atoms with Crippen LogP contribution >= 0.6 is 0 Å². The quantitative estimate of drug-likeness (QED) is 0.749. The maximum atomic E-state index is 12.8. The van der Waals surface area contributed by atoms with Crippen molar-refractivity contribution in [1.29, 1.82) is 0 Å². The average molecular weight is 391 g/mol. The lowest BCUT2D eigenvalue weighted by Crippen LogP contribution is -2.31. The van der Waals surface area contributed by atoms with E-state index < -0.39 is 10.0 Å². The first kappa shape index (κ1) is 21.1. The summed E-state index contributed by atoms with van der Waals surface area (Å²) in [7, 11) is -1.99. The van der Waals surface area contributed by atoms with Gasteiger partial charge < -0.3 is 10.1 Å². The van der Waals surface area contributed by atoms with Crippen molar-refractivity contribution in [2.75, 3.05) is 25.5 Å². The Kier molecular flexibility index (Phi) is 7.12. The van der Waals surface area contributed by atoms with Gasteiger partial charge in [-0.05, 0) is 42.3 Å². The van der Waals surface area contributed by atoms with Gasteiger partial charge in [0.2, 0.25) is 10.0 Å². The molecule has 146 valence electrons. The summed E-state index contributed by atoms with van der Waals surface area (Å²) in [6, 6.07) is 12.0. The van der Waals surface area contributed by atoms with Crippen LogP contribution in [-0.4, -0.2) is 38.8 Å². The minimum absolute atomic E-state index is 0.208. The lowest BCUT2D eigenvalue weighted by molar-refractivity contribution is 0.102. The predicted molar refractivity (Wildman–Crippen MR) is 106 cm³/mol. The van der Waals surface area contributed by atoms with Crippen LogP contribution in [0.15, 0.2) is 47.4 Å². The molecule has 0 spiro atoms. The van der Waals surface area contributed by atoms with Crippen molar-refractivity contribution in [1.82, 2.24) is 4.31 Å². The summed E-state index contributed by atoms with van der Waals surface area (Å²) in [5, 5.41) is 2.77. The van der Waals surface area contributed by atoms with Gasteiger partial charge in [0.15, 0.2) is 0 Å². The second-order valence-electron chi connectivity index (χ2n) is 6.15. The number of ether oxygens (including phenoxy) is 1. The fourth-order valence-corrected chi connectivity index (χ4v) is 4.49. The highest BCUT2D eigenvalue weighted by Crippen LogP contribution is 2.24. The van der Waals surface area contributed by atoms with Crippen molar-refractivity contribution in [3.63, 3.8) is 0 Å². The summed E-state index contributed by atoms with van der Waals surface area (Å²) >= 11 is 0. The normalized spacial score (nSPS) is 11.6. The van der Waals surface area contributed by atoms with Gasteiger partial charge in [-0.25, -0.2) is 8.42 Å². The Morgan fingerprint density at radius 3 is 2.26 bits per heavy atom. The predicted octanol–water partition coefficient (Wildman–Crippen LogP) is 3.42. The van der Waals surface area contributed by atoms with E-state index in [-0.39, 0.29) is 10.8 Å². The fraction of sp³-hybridized carbons (Fsp3) is 0.350. The van der Waals surface area contributed by atoms with Crippen LogP contribution < -0.4 is 5.32 Å². The number of benzene rings is 2. The van der Waals surface area contributed by atoms with Crippen LogP contribution in [0.4, 0.5) is 5.69 Å². The van der Waals surface area contributed by atoms with Crippen molar-refractivity contribution < 1.29 is 17.9 Å². The van der Waals surface area contributed by atoms with E-state index in [0.717, 1.165) is 5.56 Å². The second-order valence-corrected chi connectivity index (χ2v) is 8.06. The first-order chi connectivity index (χ1) is 12.8. The molecule has 2 aromatic carbocycles. The first-order valence-corrected chi connectivity index (χ1v) is 10.3. The number of rotatable bonds is 8. The Morgan fingerprint density at radius 1 is 1.07 bits per heavy atom. The molecule has 2 rings (SSSR count). The summed E-state index contributed by atoms with van der Waals surface area (Å²) in [5.74, 6) is -0.297. The number of carbonyl (C=O) groups is 1. The highest BCUT2D eigenvalue weighted by atomic mass is 32.2. The number of carbonyl (C=O) groups excluding carboxylic acids is 1. The van der Waals surface area contributed by atoms with Crippen molar-refractivity contribution in [2.24, 2.45) is 0 Å². The van der Waals surface area contributed by atoms with Gasteiger partial charge in [-0.15, -0.1) is 0 Å². The summed E-state index contributed by atoms with van der Waals surface area (Å²) < 4.78 is 32.1. The Labute approximate surface area is 161 Å². The molecule has 0 heterocycles. The number of nitrogens with zero attached hydrogens (tertiary/aromatic N) is 1. The molecule has 0 atom stereocenters. The number of aryl methyl sites for hydroxylation is 1. The van der Waals surface area contributed by atoms with E-state index in [1.807, 2.05) is 12.1 Å². The van der Waals surface area contributed by atoms with Crippen molar-refractivity contribution >= 4 is 21.6 Å². The number of amides is 1. The Morgan fingerprint density at radius 2 is 1.70 bits per heavy atom. The van der Waals surface area contributed by atoms with Gasteiger partial charge >= 0.3 is 0 Å². The average Bonchev–Trinajstić information content (AvgIpc) is 2.64. The molecule has 2 aromatic rings. The fourth-order valence-electron chi connectivity index (χ4n) is 2.78. The minimum atomic E-state index is -3.60. The lowest BCUT2D eigenvalue weighted by atomic mass is 10.1. The number of nitrogens with one attached hydrogen (secondary N) is 1. The van der Waals surface area contributed by atoms with Crippen LogP contribution in [0.5, 0.6) is 0 Å². The molecule has 7 heteroatoms. The van der Waals surface area contributed by atoms with Gasteiger partial charge in [0, 0.05) is 31.5 Å². The maximum Gasteiger partial charge on any atom is 0.255 e. The van der Waals surface area contributed by atoms with Gasteiger partial charge in [-0.1, -0.05) is 32.0 Å². The lowest BCUT2D eigenvalue weighted by Gasteiger charge is -2.20. The minimum Gasteiger partial charge on any atom is -0.380 e. The van der Waals surface area contributed by atoms with Crippen LogP contribution in [0.3, 0.4) is 0 Å². The molecule has 0 saturated carbocycles. The molecule has 0 saturated heterocycles. The second kappa shape index (κ2) is 9.12. The van der Waals surface area contributed by atoms with Gasteiger partial charge in [-0.3, -0.25) is 4.79 Å². The maximum absolute atomic E-state index is 12.8. The number of sulfonamides is 1. The third-order valence-corrected chi connectivity index (χ3v) is 6.49. The SMILES string of the molecule is CCN(CC)S(=O)(=O)c1cc(NC(=O)c2ccc(COC)cc2)ccc1C. The van der Waals surface area contributed by atoms with E-state index in [1.54, 1.807) is 52.1 Å². The number of hydrogen-bond donors (Lipinski definition) is 1. The zero-order valence-corrected chi connectivity index (χ0v) is 17.0. The standard InChI is InChI=1S/C20H26N2O4S/c1-5-22(6-2)27(24,25)19-13-18(12-7-15(19)3)21-20(23)17-10-8-16(9-11-17)14-26-4/h7-13H,5-6,14H2,1-4H3,(H,21,23). The molecule has 1 N–H and O–H groups in total. The van der Waals surface area contributed by atoms with E-state index in [2.05, 4.69) is 5.32 Å². The van der Waals surface area contributed by atoms with E-state index in [4.69, 9.17) is 4.74 Å². The van der Waals surface area contributed by atoms with Gasteiger partial charge in [0.25, 0.3) is 5.91 Å². The van der Waals surface area contributed by atoms with Gasteiger partial charge in [0.05, 0.1) is 11.5 Å². The molecule has 1 amide bonds. The van der Waals surface area contributed by atoms with E-state index in [0.29, 0.717) is 36.5 Å². The van der Waals surface area contributed by atoms with Crippen molar-refractivity contribution in [3.05, 3.63) is 59.2 Å². The molecular weight excluding hydrogens is 364 g/mol. The smallest absolute Gasteiger partial charge is 0.255 e. The highest BCUT2D eigenvalue weighted by Gasteiger charge is 2.24. The monoisotopic (exact) mass is 390 g/mol. The highest BCUT2D eigenvalue weighted by molar-refractivity contribution is 7.89. The zero-order chi connectivity index (χ0) is 20.0. The number of anilines is 1. The first-order valence-electron chi connectivity index (χ1n) is 8.83. The molecule has 0 fully saturated rings. The molecule has 0 aliphatic heterocycles. The van der Waals surface area contributed by atoms with Gasteiger partial charge in [0.1, 0.15) is 0 Å². The molecule has 0 aliphatic carbocycles. The van der Waals surface area contributed by atoms with Crippen LogP contribution in [0.25, 0.3) is 0 Å². The van der Waals surface area contributed by atoms with Crippen LogP contribution in [-0.2, 0) is 21.4 Å². The van der Waals surface area contributed by atoms with E-state index >= 15 is 0 Å². The molecule has 0 bridgehead atoms. The summed E-state index contributed by atoms with van der Waals surface area (Å²) in [6.45, 7) is 6.61. The summed E-state index contributed by atoms with van der Waals surface area (Å²) in [6.07, 6.45) is 0. The number of methoxy groups -OCH3 is 1.